The highest BCUT2D eigenvalue weighted by atomic mass is 127. The summed E-state index contributed by atoms with van der Waals surface area (Å²) in [5.74, 6) is 0. The van der Waals surface area contributed by atoms with Crippen LogP contribution in [-0.2, 0) is 19.5 Å². The maximum absolute atomic E-state index is 13.1. The number of urea groups is 1. The van der Waals surface area contributed by atoms with Crippen molar-refractivity contribution in [3.63, 3.8) is 0 Å². The van der Waals surface area contributed by atoms with Crippen LogP contribution in [0.25, 0.3) is 16.9 Å². The number of fused-ring (bicyclic) bond motifs is 1. The van der Waals surface area contributed by atoms with Crippen molar-refractivity contribution < 1.29 is 4.79 Å². The van der Waals surface area contributed by atoms with E-state index in [1.54, 1.807) is 4.68 Å². The van der Waals surface area contributed by atoms with Crippen LogP contribution in [0.2, 0.25) is 0 Å². The normalized spacial score (nSPS) is 12.8. The molecule has 2 aromatic heterocycles. The van der Waals surface area contributed by atoms with Gasteiger partial charge in [-0.2, -0.15) is 5.10 Å². The molecule has 0 saturated heterocycles. The summed E-state index contributed by atoms with van der Waals surface area (Å²) in [6, 6.07) is 27.7. The monoisotopic (exact) mass is 601 g/mol. The first kappa shape index (κ1) is 23.4. The number of carbonyl (C=O) groups excluding carboxylic acids is 1. The molecule has 37 heavy (non-hydrogen) atoms. The number of aromatic nitrogens is 5. The van der Waals surface area contributed by atoms with Gasteiger partial charge in [0.25, 0.3) is 0 Å². The maximum Gasteiger partial charge on any atom is 0.322 e. The molecule has 5 aromatic rings. The van der Waals surface area contributed by atoms with Gasteiger partial charge in [-0.3, -0.25) is 4.68 Å². The van der Waals surface area contributed by atoms with Gasteiger partial charge in [-0.15, -0.1) is 5.10 Å². The molecule has 1 aliphatic heterocycles. The zero-order chi connectivity index (χ0) is 25.2. The number of amides is 2. The van der Waals surface area contributed by atoms with E-state index in [0.717, 1.165) is 43.2 Å². The van der Waals surface area contributed by atoms with Crippen LogP contribution in [0.1, 0.15) is 17.0 Å². The molecule has 1 aliphatic rings. The zero-order valence-corrected chi connectivity index (χ0v) is 22.1. The molecule has 0 saturated carbocycles. The minimum atomic E-state index is -0.107. The number of carbonyl (C=O) groups is 1. The van der Waals surface area contributed by atoms with E-state index in [2.05, 4.69) is 50.4 Å². The van der Waals surface area contributed by atoms with Crippen LogP contribution in [0.15, 0.2) is 91.1 Å². The van der Waals surface area contributed by atoms with E-state index in [9.17, 15) is 4.79 Å². The fraction of sp³-hybridized carbons (Fsp3) is 0.143. The molecule has 0 radical (unpaired) electrons. The second-order valence-corrected chi connectivity index (χ2v) is 10.0. The van der Waals surface area contributed by atoms with Crippen LogP contribution in [0.3, 0.4) is 0 Å². The SMILES string of the molecule is O=C(Nc1ccccc1)N1CCc2c(c(-c3ccccc3)nn2Cc2cn(-c3ccccc3I)nn2)C1. The smallest absolute Gasteiger partial charge is 0.320 e. The van der Waals surface area contributed by atoms with Crippen LogP contribution in [-0.4, -0.2) is 42.3 Å². The Bertz CT molecular complexity index is 1550. The summed E-state index contributed by atoms with van der Waals surface area (Å²) in [4.78, 5) is 14.9. The molecule has 6 rings (SSSR count). The van der Waals surface area contributed by atoms with Gasteiger partial charge in [-0.05, 0) is 46.9 Å². The largest absolute Gasteiger partial charge is 0.322 e. The third kappa shape index (κ3) is 4.86. The van der Waals surface area contributed by atoms with Crippen molar-refractivity contribution >= 4 is 34.3 Å². The van der Waals surface area contributed by atoms with Crippen molar-refractivity contribution in [2.24, 2.45) is 0 Å². The number of nitrogens with one attached hydrogen (secondary N) is 1. The summed E-state index contributed by atoms with van der Waals surface area (Å²) in [5, 5.41) is 16.8. The van der Waals surface area contributed by atoms with Gasteiger partial charge in [-0.25, -0.2) is 9.48 Å². The molecular formula is C28H24IN7O. The summed E-state index contributed by atoms with van der Waals surface area (Å²) in [6.07, 6.45) is 2.66. The second-order valence-electron chi connectivity index (χ2n) is 8.87. The lowest BCUT2D eigenvalue weighted by molar-refractivity contribution is 0.206. The second kappa shape index (κ2) is 10.2. The molecule has 0 atom stereocenters. The fourth-order valence-electron chi connectivity index (χ4n) is 4.63. The minimum absolute atomic E-state index is 0.107. The molecule has 0 bridgehead atoms. The Hall–Kier alpha value is -3.99. The molecule has 0 aliphatic carbocycles. The van der Waals surface area contributed by atoms with Crippen molar-refractivity contribution in [3.05, 3.63) is 112 Å². The van der Waals surface area contributed by atoms with Gasteiger partial charge in [0.15, 0.2) is 0 Å². The summed E-state index contributed by atoms with van der Waals surface area (Å²) < 4.78 is 4.93. The minimum Gasteiger partial charge on any atom is -0.320 e. The molecule has 184 valence electrons. The third-order valence-electron chi connectivity index (χ3n) is 6.45. The lowest BCUT2D eigenvalue weighted by atomic mass is 10.0. The van der Waals surface area contributed by atoms with E-state index in [1.807, 2.05) is 88.6 Å². The number of anilines is 1. The first-order chi connectivity index (χ1) is 18.2. The van der Waals surface area contributed by atoms with Crippen LogP contribution >= 0.6 is 22.6 Å². The number of hydrogen-bond acceptors (Lipinski definition) is 4. The Kier molecular flexibility index (Phi) is 6.44. The standard InChI is InChI=1S/C28H24IN7O/c29-24-13-7-8-14-26(24)36-18-22(31-33-36)17-35-25-15-16-34(28(37)30-21-11-5-2-6-12-21)19-23(25)27(32-35)20-9-3-1-4-10-20/h1-14,18H,15-17,19H2,(H,30,37). The highest BCUT2D eigenvalue weighted by Gasteiger charge is 2.28. The summed E-state index contributed by atoms with van der Waals surface area (Å²) in [5.41, 5.74) is 6.75. The zero-order valence-electron chi connectivity index (χ0n) is 20.0. The van der Waals surface area contributed by atoms with Gasteiger partial charge in [0.1, 0.15) is 5.69 Å². The molecular weight excluding hydrogens is 577 g/mol. The van der Waals surface area contributed by atoms with Crippen molar-refractivity contribution in [3.8, 4) is 16.9 Å². The predicted octanol–water partition coefficient (Wildman–Crippen LogP) is 5.37. The van der Waals surface area contributed by atoms with E-state index in [-0.39, 0.29) is 6.03 Å². The van der Waals surface area contributed by atoms with Gasteiger partial charge in [0.2, 0.25) is 0 Å². The van der Waals surface area contributed by atoms with Gasteiger partial charge < -0.3 is 10.2 Å². The average Bonchev–Trinajstić information content (AvgIpc) is 3.55. The molecule has 3 aromatic carbocycles. The van der Waals surface area contributed by atoms with E-state index >= 15 is 0 Å². The molecule has 0 unspecified atom stereocenters. The quantitative estimate of drug-likeness (QED) is 0.275. The number of benzene rings is 3. The Morgan fingerprint density at radius 2 is 1.68 bits per heavy atom. The van der Waals surface area contributed by atoms with E-state index in [1.165, 1.54) is 0 Å². The third-order valence-corrected chi connectivity index (χ3v) is 7.36. The van der Waals surface area contributed by atoms with Crippen molar-refractivity contribution in [2.75, 3.05) is 11.9 Å². The Morgan fingerprint density at radius 1 is 0.946 bits per heavy atom. The maximum atomic E-state index is 13.1. The molecule has 0 fully saturated rings. The van der Waals surface area contributed by atoms with Gasteiger partial charge >= 0.3 is 6.03 Å². The molecule has 2 amide bonds. The first-order valence-corrected chi connectivity index (χ1v) is 13.1. The number of halogens is 1. The number of rotatable bonds is 5. The highest BCUT2D eigenvalue weighted by Crippen LogP contribution is 2.31. The van der Waals surface area contributed by atoms with Crippen LogP contribution in [0, 0.1) is 3.57 Å². The van der Waals surface area contributed by atoms with Crippen molar-refractivity contribution in [2.45, 2.75) is 19.5 Å². The van der Waals surface area contributed by atoms with Crippen LogP contribution in [0.5, 0.6) is 0 Å². The van der Waals surface area contributed by atoms with Gasteiger partial charge in [-0.1, -0.05) is 65.9 Å². The Labute approximate surface area is 228 Å². The van der Waals surface area contributed by atoms with E-state index in [0.29, 0.717) is 26.1 Å². The average molecular weight is 601 g/mol. The topological polar surface area (TPSA) is 80.9 Å². The van der Waals surface area contributed by atoms with Crippen LogP contribution < -0.4 is 5.32 Å². The van der Waals surface area contributed by atoms with Gasteiger partial charge in [0, 0.05) is 39.0 Å². The number of para-hydroxylation sites is 2. The predicted molar refractivity (Wildman–Crippen MR) is 150 cm³/mol. The lowest BCUT2D eigenvalue weighted by Gasteiger charge is -2.28. The van der Waals surface area contributed by atoms with E-state index < -0.39 is 0 Å². The molecule has 1 N–H and O–H groups in total. The van der Waals surface area contributed by atoms with Crippen molar-refractivity contribution in [1.29, 1.82) is 0 Å². The summed E-state index contributed by atoms with van der Waals surface area (Å²) in [7, 11) is 0. The molecule has 8 nitrogen and oxygen atoms in total. The Morgan fingerprint density at radius 3 is 2.46 bits per heavy atom. The van der Waals surface area contributed by atoms with Gasteiger partial charge in [0.05, 0.1) is 30.7 Å². The molecule has 0 spiro atoms. The molecule has 9 heteroatoms. The number of hydrogen-bond donors (Lipinski definition) is 1. The molecule has 3 heterocycles. The Balaban J connectivity index is 1.30. The van der Waals surface area contributed by atoms with E-state index in [4.69, 9.17) is 5.10 Å². The van der Waals surface area contributed by atoms with Crippen LogP contribution in [0.4, 0.5) is 10.5 Å². The summed E-state index contributed by atoms with van der Waals surface area (Å²) >= 11 is 2.31. The highest BCUT2D eigenvalue weighted by molar-refractivity contribution is 14.1. The van der Waals surface area contributed by atoms with Crippen molar-refractivity contribution in [1.82, 2.24) is 29.7 Å². The lowest BCUT2D eigenvalue weighted by Crippen LogP contribution is -2.39. The number of nitrogens with zero attached hydrogens (tertiary/aromatic N) is 6. The summed E-state index contributed by atoms with van der Waals surface area (Å²) in [6.45, 7) is 1.61. The fourth-order valence-corrected chi connectivity index (χ4v) is 5.26. The first-order valence-electron chi connectivity index (χ1n) is 12.1.